The van der Waals surface area contributed by atoms with E-state index in [-0.39, 0.29) is 0 Å². The molecule has 0 atom stereocenters. The molecule has 0 saturated heterocycles. The summed E-state index contributed by atoms with van der Waals surface area (Å²) in [5.74, 6) is 0.483. The van der Waals surface area contributed by atoms with Gasteiger partial charge in [0.25, 0.3) is 0 Å². The third-order valence-corrected chi connectivity index (χ3v) is 2.89. The van der Waals surface area contributed by atoms with Crippen molar-refractivity contribution in [2.45, 2.75) is 33.6 Å². The summed E-state index contributed by atoms with van der Waals surface area (Å²) in [5, 5.41) is 5.50. The Morgan fingerprint density at radius 1 is 1.31 bits per heavy atom. The maximum absolute atomic E-state index is 4.47. The van der Waals surface area contributed by atoms with Gasteiger partial charge in [-0.15, -0.1) is 0 Å². The first-order valence-corrected chi connectivity index (χ1v) is 5.24. The molecule has 2 aromatic rings. The molecule has 0 amide bonds. The van der Waals surface area contributed by atoms with Crippen LogP contribution in [0.25, 0.3) is 4.96 Å². The van der Waals surface area contributed by atoms with Crippen molar-refractivity contribution >= 4 is 16.3 Å². The molecule has 0 aliphatic rings. The van der Waals surface area contributed by atoms with Gasteiger partial charge in [0.1, 0.15) is 5.01 Å². The lowest BCUT2D eigenvalue weighted by atomic mass is 10.1. The van der Waals surface area contributed by atoms with Gasteiger partial charge >= 0.3 is 0 Å². The fraction of sp³-hybridized carbons (Fsp3) is 0.556. The van der Waals surface area contributed by atoms with Crippen molar-refractivity contribution in [1.29, 1.82) is 0 Å². The van der Waals surface area contributed by atoms with Crippen LogP contribution >= 0.6 is 11.3 Å². The van der Waals surface area contributed by atoms with Crippen molar-refractivity contribution in [2.24, 2.45) is 0 Å². The molecule has 0 bridgehead atoms. The molecule has 13 heavy (non-hydrogen) atoms. The Kier molecular flexibility index (Phi) is 1.87. The van der Waals surface area contributed by atoms with Gasteiger partial charge in [0.05, 0.1) is 11.4 Å². The fourth-order valence-electron chi connectivity index (χ4n) is 1.62. The van der Waals surface area contributed by atoms with Gasteiger partial charge in [-0.05, 0) is 19.8 Å². The molecule has 0 aliphatic carbocycles. The summed E-state index contributed by atoms with van der Waals surface area (Å²) in [7, 11) is 0. The zero-order valence-electron chi connectivity index (χ0n) is 8.33. The van der Waals surface area contributed by atoms with Crippen LogP contribution in [-0.2, 0) is 0 Å². The molecule has 0 aromatic carbocycles. The van der Waals surface area contributed by atoms with Crippen molar-refractivity contribution < 1.29 is 0 Å². The van der Waals surface area contributed by atoms with Crippen LogP contribution < -0.4 is 0 Å². The smallest absolute Gasteiger partial charge is 0.212 e. The van der Waals surface area contributed by atoms with Crippen LogP contribution in [0.3, 0.4) is 0 Å². The highest BCUT2D eigenvalue weighted by Crippen LogP contribution is 2.23. The highest BCUT2D eigenvalue weighted by molar-refractivity contribution is 7.16. The normalized spacial score (nSPS) is 11.8. The molecule has 3 nitrogen and oxygen atoms in total. The molecule has 2 heterocycles. The van der Waals surface area contributed by atoms with E-state index in [1.807, 2.05) is 18.4 Å². The molecule has 2 aromatic heterocycles. The average molecular weight is 195 g/mol. The maximum Gasteiger partial charge on any atom is 0.212 e. The first kappa shape index (κ1) is 8.69. The van der Waals surface area contributed by atoms with E-state index < -0.39 is 0 Å². The quantitative estimate of drug-likeness (QED) is 0.700. The molecule has 0 fully saturated rings. The van der Waals surface area contributed by atoms with Crippen LogP contribution in [0.15, 0.2) is 0 Å². The Labute approximate surface area is 81.4 Å². The molecular formula is C9H13N3S. The second kappa shape index (κ2) is 2.80. The van der Waals surface area contributed by atoms with Gasteiger partial charge in [-0.25, -0.2) is 9.50 Å². The summed E-state index contributed by atoms with van der Waals surface area (Å²) in [6.45, 7) is 8.40. The van der Waals surface area contributed by atoms with Gasteiger partial charge in [0.2, 0.25) is 4.96 Å². The minimum Gasteiger partial charge on any atom is -0.223 e. The second-order valence-electron chi connectivity index (χ2n) is 3.55. The number of fused-ring (bicyclic) bond motifs is 1. The molecule has 0 spiro atoms. The van der Waals surface area contributed by atoms with Crippen LogP contribution in [0, 0.1) is 13.8 Å². The lowest BCUT2D eigenvalue weighted by Gasteiger charge is -2.02. The first-order chi connectivity index (χ1) is 6.09. The monoisotopic (exact) mass is 195 g/mol. The Balaban J connectivity index is 2.75. The third-order valence-electron chi connectivity index (χ3n) is 2.07. The van der Waals surface area contributed by atoms with Gasteiger partial charge in [0, 0.05) is 0 Å². The van der Waals surface area contributed by atoms with E-state index in [0.29, 0.717) is 5.92 Å². The van der Waals surface area contributed by atoms with Crippen molar-refractivity contribution in [3.8, 4) is 0 Å². The van der Waals surface area contributed by atoms with Crippen LogP contribution in [0.1, 0.15) is 36.2 Å². The Bertz CT molecular complexity index is 439. The molecule has 0 radical (unpaired) electrons. The molecule has 0 unspecified atom stereocenters. The zero-order valence-corrected chi connectivity index (χ0v) is 9.14. The fourth-order valence-corrected chi connectivity index (χ4v) is 2.42. The number of rotatable bonds is 1. The minimum atomic E-state index is 0.483. The van der Waals surface area contributed by atoms with E-state index in [1.165, 1.54) is 5.69 Å². The van der Waals surface area contributed by atoms with Crippen molar-refractivity contribution in [3.05, 3.63) is 16.4 Å². The van der Waals surface area contributed by atoms with Crippen LogP contribution in [-0.4, -0.2) is 14.6 Å². The molecule has 0 N–H and O–H groups in total. The SMILES string of the molecule is Cc1nn2c(C(C)C)c(C)nc2s1. The van der Waals surface area contributed by atoms with Crippen LogP contribution in [0.2, 0.25) is 0 Å². The van der Waals surface area contributed by atoms with E-state index in [9.17, 15) is 0 Å². The highest BCUT2D eigenvalue weighted by atomic mass is 32.1. The van der Waals surface area contributed by atoms with E-state index in [1.54, 1.807) is 11.3 Å². The number of hydrogen-bond acceptors (Lipinski definition) is 3. The Hall–Kier alpha value is -0.900. The van der Waals surface area contributed by atoms with Gasteiger partial charge in [-0.2, -0.15) is 5.10 Å². The van der Waals surface area contributed by atoms with E-state index in [2.05, 4.69) is 23.9 Å². The van der Waals surface area contributed by atoms with Gasteiger partial charge < -0.3 is 0 Å². The summed E-state index contributed by atoms with van der Waals surface area (Å²) in [6.07, 6.45) is 0. The Morgan fingerprint density at radius 3 is 2.62 bits per heavy atom. The first-order valence-electron chi connectivity index (χ1n) is 4.42. The highest BCUT2D eigenvalue weighted by Gasteiger charge is 2.14. The topological polar surface area (TPSA) is 30.2 Å². The third kappa shape index (κ3) is 1.25. The minimum absolute atomic E-state index is 0.483. The predicted octanol–water partition coefficient (Wildman–Crippen LogP) is 2.53. The van der Waals surface area contributed by atoms with E-state index in [4.69, 9.17) is 0 Å². The molecule has 0 aliphatic heterocycles. The predicted molar refractivity (Wildman–Crippen MR) is 54.4 cm³/mol. The van der Waals surface area contributed by atoms with E-state index >= 15 is 0 Å². The number of aryl methyl sites for hydroxylation is 2. The molecule has 2 rings (SSSR count). The standard InChI is InChI=1S/C9H13N3S/c1-5(2)8-6(3)10-9-12(8)11-7(4)13-9/h5H,1-4H3. The van der Waals surface area contributed by atoms with E-state index in [0.717, 1.165) is 15.7 Å². The van der Waals surface area contributed by atoms with Crippen molar-refractivity contribution in [2.75, 3.05) is 0 Å². The molecule has 70 valence electrons. The van der Waals surface area contributed by atoms with Gasteiger partial charge in [-0.1, -0.05) is 25.2 Å². The average Bonchev–Trinajstić information content (AvgIpc) is 2.41. The number of aromatic nitrogens is 3. The zero-order chi connectivity index (χ0) is 9.59. The summed E-state index contributed by atoms with van der Waals surface area (Å²) in [6, 6.07) is 0. The van der Waals surface area contributed by atoms with Crippen molar-refractivity contribution in [1.82, 2.24) is 14.6 Å². The molecule has 4 heteroatoms. The lowest BCUT2D eigenvalue weighted by Crippen LogP contribution is -1.97. The van der Waals surface area contributed by atoms with Gasteiger partial charge in [-0.3, -0.25) is 0 Å². The lowest BCUT2D eigenvalue weighted by molar-refractivity contribution is 0.754. The largest absolute Gasteiger partial charge is 0.223 e. The summed E-state index contributed by atoms with van der Waals surface area (Å²) in [4.78, 5) is 5.49. The number of nitrogens with zero attached hydrogens (tertiary/aromatic N) is 3. The summed E-state index contributed by atoms with van der Waals surface area (Å²) < 4.78 is 1.97. The summed E-state index contributed by atoms with van der Waals surface area (Å²) in [5.41, 5.74) is 2.34. The Morgan fingerprint density at radius 2 is 2.00 bits per heavy atom. The number of imidazole rings is 1. The maximum atomic E-state index is 4.47. The van der Waals surface area contributed by atoms with Crippen molar-refractivity contribution in [3.63, 3.8) is 0 Å². The number of hydrogen-bond donors (Lipinski definition) is 0. The van der Waals surface area contributed by atoms with Gasteiger partial charge in [0.15, 0.2) is 0 Å². The molecule has 0 saturated carbocycles. The second-order valence-corrected chi connectivity index (χ2v) is 4.71. The molecular weight excluding hydrogens is 182 g/mol. The van der Waals surface area contributed by atoms with Crippen LogP contribution in [0.4, 0.5) is 0 Å². The van der Waals surface area contributed by atoms with Crippen LogP contribution in [0.5, 0.6) is 0 Å². The summed E-state index contributed by atoms with van der Waals surface area (Å²) >= 11 is 1.65.